The first kappa shape index (κ1) is 17.2. The van der Waals surface area contributed by atoms with Crippen LogP contribution in [0.5, 0.6) is 11.5 Å². The number of aromatic amines is 1. The van der Waals surface area contributed by atoms with Crippen LogP contribution in [-0.2, 0) is 11.3 Å². The van der Waals surface area contributed by atoms with Gasteiger partial charge in [-0.3, -0.25) is 4.79 Å². The van der Waals surface area contributed by atoms with Crippen molar-refractivity contribution in [2.24, 2.45) is 0 Å². The monoisotopic (exact) mass is 357 g/mol. The van der Waals surface area contributed by atoms with E-state index < -0.39 is 11.5 Å². The van der Waals surface area contributed by atoms with Gasteiger partial charge in [-0.1, -0.05) is 5.16 Å². The summed E-state index contributed by atoms with van der Waals surface area (Å²) < 4.78 is 20.5. The molecule has 134 valence electrons. The summed E-state index contributed by atoms with van der Waals surface area (Å²) in [4.78, 5) is 30.0. The number of methoxy groups -OCH3 is 2. The largest absolute Gasteiger partial charge is 0.493 e. The predicted molar refractivity (Wildman–Crippen MR) is 89.0 cm³/mol. The van der Waals surface area contributed by atoms with Gasteiger partial charge in [0.1, 0.15) is 5.56 Å². The van der Waals surface area contributed by atoms with Gasteiger partial charge in [0.05, 0.1) is 14.2 Å². The number of pyridine rings is 1. The van der Waals surface area contributed by atoms with Crippen LogP contribution in [0.15, 0.2) is 45.8 Å². The molecule has 0 saturated carbocycles. The van der Waals surface area contributed by atoms with Crippen LogP contribution in [-0.4, -0.2) is 35.3 Å². The van der Waals surface area contributed by atoms with E-state index in [0.717, 1.165) is 0 Å². The van der Waals surface area contributed by atoms with Crippen molar-refractivity contribution in [1.29, 1.82) is 0 Å². The topological polar surface area (TPSA) is 117 Å². The molecule has 0 unspecified atom stereocenters. The molecule has 0 radical (unpaired) electrons. The van der Waals surface area contributed by atoms with Crippen LogP contribution in [0.2, 0.25) is 0 Å². The number of benzene rings is 1. The van der Waals surface area contributed by atoms with Gasteiger partial charge < -0.3 is 23.7 Å². The lowest BCUT2D eigenvalue weighted by atomic mass is 10.2. The van der Waals surface area contributed by atoms with Gasteiger partial charge in [0.25, 0.3) is 11.4 Å². The minimum Gasteiger partial charge on any atom is -0.493 e. The Hall–Kier alpha value is -3.62. The van der Waals surface area contributed by atoms with E-state index in [4.69, 9.17) is 18.7 Å². The maximum Gasteiger partial charge on any atom is 0.344 e. The highest BCUT2D eigenvalue weighted by Crippen LogP contribution is 2.31. The van der Waals surface area contributed by atoms with Crippen LogP contribution >= 0.6 is 0 Å². The SMILES string of the molecule is COc1ccc(-c2noc(COC(=O)c3ccc[nH]c3=O)n2)cc1OC. The molecule has 26 heavy (non-hydrogen) atoms. The molecule has 0 aliphatic heterocycles. The molecule has 1 N–H and O–H groups in total. The Bertz CT molecular complexity index is 978. The van der Waals surface area contributed by atoms with Crippen LogP contribution in [0.3, 0.4) is 0 Å². The van der Waals surface area contributed by atoms with Crippen molar-refractivity contribution in [3.63, 3.8) is 0 Å². The molecule has 0 bridgehead atoms. The lowest BCUT2D eigenvalue weighted by Gasteiger charge is -2.07. The lowest BCUT2D eigenvalue weighted by molar-refractivity contribution is 0.0427. The lowest BCUT2D eigenvalue weighted by Crippen LogP contribution is -2.18. The average Bonchev–Trinajstić information content (AvgIpc) is 3.15. The molecule has 0 fully saturated rings. The van der Waals surface area contributed by atoms with Crippen molar-refractivity contribution < 1.29 is 23.5 Å². The summed E-state index contributed by atoms with van der Waals surface area (Å²) in [5, 5.41) is 3.84. The van der Waals surface area contributed by atoms with Crippen LogP contribution < -0.4 is 15.0 Å². The molecule has 0 saturated heterocycles. The van der Waals surface area contributed by atoms with E-state index in [1.807, 2.05) is 0 Å². The van der Waals surface area contributed by atoms with Crippen molar-refractivity contribution >= 4 is 5.97 Å². The van der Waals surface area contributed by atoms with Crippen LogP contribution in [0.4, 0.5) is 0 Å². The van der Waals surface area contributed by atoms with Gasteiger partial charge in [-0.15, -0.1) is 0 Å². The first-order chi connectivity index (χ1) is 12.6. The highest BCUT2D eigenvalue weighted by Gasteiger charge is 2.15. The number of nitrogens with zero attached hydrogens (tertiary/aromatic N) is 2. The molecule has 0 spiro atoms. The quantitative estimate of drug-likeness (QED) is 0.664. The van der Waals surface area contributed by atoms with Gasteiger partial charge in [0, 0.05) is 11.8 Å². The van der Waals surface area contributed by atoms with Gasteiger partial charge >= 0.3 is 5.97 Å². The molecule has 0 atom stereocenters. The van der Waals surface area contributed by atoms with Crippen molar-refractivity contribution in [3.8, 4) is 22.9 Å². The maximum atomic E-state index is 11.9. The fraction of sp³-hybridized carbons (Fsp3) is 0.176. The van der Waals surface area contributed by atoms with Crippen molar-refractivity contribution in [2.45, 2.75) is 6.61 Å². The highest BCUT2D eigenvalue weighted by molar-refractivity contribution is 5.88. The van der Waals surface area contributed by atoms with Gasteiger partial charge in [0.2, 0.25) is 5.82 Å². The number of ether oxygens (including phenoxy) is 3. The van der Waals surface area contributed by atoms with Crippen molar-refractivity contribution in [3.05, 3.63) is 58.3 Å². The van der Waals surface area contributed by atoms with Crippen LogP contribution in [0, 0.1) is 0 Å². The van der Waals surface area contributed by atoms with Gasteiger partial charge in [0.15, 0.2) is 18.1 Å². The van der Waals surface area contributed by atoms with Gasteiger partial charge in [-0.2, -0.15) is 4.98 Å². The standard InChI is InChI=1S/C17H15N3O6/c1-23-12-6-5-10(8-13(12)24-2)15-19-14(26-20-15)9-25-17(22)11-4-3-7-18-16(11)21/h3-8H,9H2,1-2H3,(H,18,21). The second-order valence-electron chi connectivity index (χ2n) is 5.07. The summed E-state index contributed by atoms with van der Waals surface area (Å²) in [6.07, 6.45) is 1.42. The van der Waals surface area contributed by atoms with Gasteiger partial charge in [-0.05, 0) is 30.3 Å². The number of aromatic nitrogens is 3. The van der Waals surface area contributed by atoms with Crippen molar-refractivity contribution in [2.75, 3.05) is 14.2 Å². The molecular weight excluding hydrogens is 342 g/mol. The summed E-state index contributed by atoms with van der Waals surface area (Å²) in [6, 6.07) is 8.05. The number of hydrogen-bond donors (Lipinski definition) is 1. The summed E-state index contributed by atoms with van der Waals surface area (Å²) in [6.45, 7) is -0.256. The van der Waals surface area contributed by atoms with E-state index in [0.29, 0.717) is 22.9 Å². The zero-order valence-corrected chi connectivity index (χ0v) is 14.0. The van der Waals surface area contributed by atoms with E-state index in [-0.39, 0.29) is 18.1 Å². The Morgan fingerprint density at radius 3 is 2.73 bits per heavy atom. The maximum absolute atomic E-state index is 11.9. The first-order valence-electron chi connectivity index (χ1n) is 7.52. The molecule has 0 amide bonds. The fourth-order valence-corrected chi connectivity index (χ4v) is 2.19. The summed E-state index contributed by atoms with van der Waals surface area (Å²) in [7, 11) is 3.06. The highest BCUT2D eigenvalue weighted by atomic mass is 16.6. The van der Waals surface area contributed by atoms with E-state index in [1.54, 1.807) is 18.2 Å². The Morgan fingerprint density at radius 2 is 2.00 bits per heavy atom. The Kier molecular flexibility index (Phi) is 4.97. The zero-order chi connectivity index (χ0) is 18.5. The zero-order valence-electron chi connectivity index (χ0n) is 14.0. The number of rotatable bonds is 6. The third-order valence-corrected chi connectivity index (χ3v) is 3.47. The Morgan fingerprint density at radius 1 is 1.19 bits per heavy atom. The normalized spacial score (nSPS) is 10.4. The van der Waals surface area contributed by atoms with E-state index in [9.17, 15) is 9.59 Å². The van der Waals surface area contributed by atoms with Crippen LogP contribution in [0.25, 0.3) is 11.4 Å². The van der Waals surface area contributed by atoms with E-state index >= 15 is 0 Å². The molecule has 2 aromatic heterocycles. The van der Waals surface area contributed by atoms with Crippen molar-refractivity contribution in [1.82, 2.24) is 15.1 Å². The predicted octanol–water partition coefficient (Wildman–Crippen LogP) is 1.80. The number of nitrogens with one attached hydrogen (secondary N) is 1. The number of carbonyl (C=O) groups is 1. The molecule has 0 aliphatic carbocycles. The molecule has 2 heterocycles. The van der Waals surface area contributed by atoms with Gasteiger partial charge in [-0.25, -0.2) is 4.79 Å². The Labute approximate surface area is 147 Å². The number of esters is 1. The smallest absolute Gasteiger partial charge is 0.344 e. The molecule has 3 aromatic rings. The molecule has 9 heteroatoms. The summed E-state index contributed by atoms with van der Waals surface area (Å²) in [5.41, 5.74) is 0.00431. The molecule has 3 rings (SSSR count). The number of H-pyrrole nitrogens is 1. The second kappa shape index (κ2) is 7.51. The van der Waals surface area contributed by atoms with E-state index in [2.05, 4.69) is 15.1 Å². The fourth-order valence-electron chi connectivity index (χ4n) is 2.19. The summed E-state index contributed by atoms with van der Waals surface area (Å²) in [5.74, 6) is 0.704. The minimum atomic E-state index is -0.780. The third-order valence-electron chi connectivity index (χ3n) is 3.47. The molecule has 1 aromatic carbocycles. The van der Waals surface area contributed by atoms with E-state index in [1.165, 1.54) is 32.5 Å². The average molecular weight is 357 g/mol. The number of carbonyl (C=O) groups excluding carboxylic acids is 1. The molecular formula is C17H15N3O6. The molecule has 0 aliphatic rings. The molecule has 9 nitrogen and oxygen atoms in total. The summed E-state index contributed by atoms with van der Waals surface area (Å²) >= 11 is 0. The second-order valence-corrected chi connectivity index (χ2v) is 5.07. The first-order valence-corrected chi connectivity index (χ1v) is 7.52. The third kappa shape index (κ3) is 3.56. The number of hydrogen-bond acceptors (Lipinski definition) is 8. The van der Waals surface area contributed by atoms with Crippen LogP contribution in [0.1, 0.15) is 16.2 Å². The Balaban J connectivity index is 1.71. The minimum absolute atomic E-state index is 0.0931.